The Morgan fingerprint density at radius 3 is 2.84 bits per heavy atom. The largest absolute Gasteiger partial charge is 0.497 e. The van der Waals surface area contributed by atoms with Crippen molar-refractivity contribution in [1.29, 1.82) is 0 Å². The Morgan fingerprint density at radius 1 is 1.32 bits per heavy atom. The van der Waals surface area contributed by atoms with Gasteiger partial charge in [0.15, 0.2) is 0 Å². The summed E-state index contributed by atoms with van der Waals surface area (Å²) in [6.07, 6.45) is 3.84. The van der Waals surface area contributed by atoms with Crippen LogP contribution in [0.4, 0.5) is 0 Å². The third-order valence-electron chi connectivity index (χ3n) is 4.24. The standard InChI is InChI=1S/C15H21NO3/c1-18-12-7-5-11(6-8-12)14-16-10-15(17)9-3-2-4-13(15)19-14/h5-8,13-14,16-17H,2-4,9-10H2,1H3/t13-,14+,15+/m0/s1. The molecular weight excluding hydrogens is 242 g/mol. The fraction of sp³-hybridized carbons (Fsp3) is 0.600. The number of fused-ring (bicyclic) bond motifs is 1. The van der Waals surface area contributed by atoms with Crippen molar-refractivity contribution in [2.45, 2.75) is 43.6 Å². The molecule has 0 amide bonds. The summed E-state index contributed by atoms with van der Waals surface area (Å²) >= 11 is 0. The number of aliphatic hydroxyl groups is 1. The fourth-order valence-corrected chi connectivity index (χ4v) is 3.04. The Morgan fingerprint density at radius 2 is 2.11 bits per heavy atom. The van der Waals surface area contributed by atoms with Crippen LogP contribution in [0.25, 0.3) is 0 Å². The highest BCUT2D eigenvalue weighted by molar-refractivity contribution is 5.28. The van der Waals surface area contributed by atoms with Crippen LogP contribution in [0, 0.1) is 0 Å². The summed E-state index contributed by atoms with van der Waals surface area (Å²) in [5.41, 5.74) is 0.398. The van der Waals surface area contributed by atoms with Crippen LogP contribution >= 0.6 is 0 Å². The number of hydrogen-bond donors (Lipinski definition) is 2. The summed E-state index contributed by atoms with van der Waals surface area (Å²) in [5.74, 6) is 0.841. The van der Waals surface area contributed by atoms with Crippen molar-refractivity contribution in [2.75, 3.05) is 13.7 Å². The van der Waals surface area contributed by atoms with E-state index in [-0.39, 0.29) is 12.3 Å². The van der Waals surface area contributed by atoms with Crippen molar-refractivity contribution in [3.8, 4) is 5.75 Å². The lowest BCUT2D eigenvalue weighted by molar-refractivity contribution is -0.195. The molecule has 19 heavy (non-hydrogen) atoms. The fourth-order valence-electron chi connectivity index (χ4n) is 3.04. The Bertz CT molecular complexity index is 434. The van der Waals surface area contributed by atoms with E-state index in [1.165, 1.54) is 0 Å². The van der Waals surface area contributed by atoms with Gasteiger partial charge in [-0.3, -0.25) is 5.32 Å². The first-order valence-corrected chi connectivity index (χ1v) is 6.96. The molecular formula is C15H21NO3. The third-order valence-corrected chi connectivity index (χ3v) is 4.24. The minimum Gasteiger partial charge on any atom is -0.497 e. The van der Waals surface area contributed by atoms with E-state index < -0.39 is 5.60 Å². The molecule has 3 rings (SSSR count). The molecule has 2 N–H and O–H groups in total. The van der Waals surface area contributed by atoms with Gasteiger partial charge in [-0.1, -0.05) is 25.0 Å². The zero-order valence-electron chi connectivity index (χ0n) is 11.3. The van der Waals surface area contributed by atoms with Crippen LogP contribution < -0.4 is 10.1 Å². The van der Waals surface area contributed by atoms with Crippen LogP contribution in [0.3, 0.4) is 0 Å². The topological polar surface area (TPSA) is 50.7 Å². The van der Waals surface area contributed by atoms with Gasteiger partial charge in [0.2, 0.25) is 0 Å². The molecule has 4 nitrogen and oxygen atoms in total. The molecule has 1 aromatic carbocycles. The number of nitrogens with one attached hydrogen (secondary N) is 1. The summed E-state index contributed by atoms with van der Waals surface area (Å²) in [4.78, 5) is 0. The molecule has 1 aliphatic carbocycles. The van der Waals surface area contributed by atoms with Gasteiger partial charge in [-0.2, -0.15) is 0 Å². The van der Waals surface area contributed by atoms with Crippen LogP contribution in [0.1, 0.15) is 37.5 Å². The first-order chi connectivity index (χ1) is 9.21. The van der Waals surface area contributed by atoms with Crippen LogP contribution in [0.5, 0.6) is 5.75 Å². The van der Waals surface area contributed by atoms with Crippen LogP contribution in [0.15, 0.2) is 24.3 Å². The Kier molecular flexibility index (Phi) is 3.48. The van der Waals surface area contributed by atoms with Crippen LogP contribution in [-0.4, -0.2) is 30.5 Å². The predicted octanol–water partition coefficient (Wildman–Crippen LogP) is 1.99. The van der Waals surface area contributed by atoms with Gasteiger partial charge in [-0.05, 0) is 30.5 Å². The van der Waals surface area contributed by atoms with E-state index in [0.29, 0.717) is 6.54 Å². The van der Waals surface area contributed by atoms with E-state index in [2.05, 4.69) is 5.32 Å². The maximum absolute atomic E-state index is 10.5. The zero-order valence-corrected chi connectivity index (χ0v) is 11.3. The van der Waals surface area contributed by atoms with Gasteiger partial charge in [0.25, 0.3) is 0 Å². The second-order valence-electron chi connectivity index (χ2n) is 5.51. The number of benzene rings is 1. The normalized spacial score (nSPS) is 34.6. The lowest BCUT2D eigenvalue weighted by Gasteiger charge is -2.46. The summed E-state index contributed by atoms with van der Waals surface area (Å²) in [6.45, 7) is 0.606. The second kappa shape index (κ2) is 5.12. The monoisotopic (exact) mass is 263 g/mol. The molecule has 0 aromatic heterocycles. The van der Waals surface area contributed by atoms with Gasteiger partial charge >= 0.3 is 0 Å². The molecule has 1 aliphatic heterocycles. The molecule has 0 unspecified atom stereocenters. The highest BCUT2D eigenvalue weighted by atomic mass is 16.5. The molecule has 2 fully saturated rings. The molecule has 1 aromatic rings. The summed E-state index contributed by atoms with van der Waals surface area (Å²) in [7, 11) is 1.66. The number of hydrogen-bond acceptors (Lipinski definition) is 4. The molecule has 4 heteroatoms. The van der Waals surface area contributed by atoms with Crippen molar-refractivity contribution >= 4 is 0 Å². The Balaban J connectivity index is 1.73. The average Bonchev–Trinajstić information content (AvgIpc) is 2.46. The smallest absolute Gasteiger partial charge is 0.134 e. The van der Waals surface area contributed by atoms with Crippen molar-refractivity contribution in [3.05, 3.63) is 29.8 Å². The van der Waals surface area contributed by atoms with Gasteiger partial charge in [-0.15, -0.1) is 0 Å². The van der Waals surface area contributed by atoms with Gasteiger partial charge in [0.1, 0.15) is 17.6 Å². The van der Waals surface area contributed by atoms with Crippen molar-refractivity contribution < 1.29 is 14.6 Å². The molecule has 1 heterocycles. The van der Waals surface area contributed by atoms with Crippen molar-refractivity contribution in [2.24, 2.45) is 0 Å². The van der Waals surface area contributed by atoms with E-state index in [0.717, 1.165) is 37.0 Å². The number of β-amino-alcohol motifs (C(OH)–C–C–N with tert-alkyl or cyclic N) is 1. The lowest BCUT2D eigenvalue weighted by Crippen LogP contribution is -2.59. The summed E-state index contributed by atoms with van der Waals surface area (Å²) < 4.78 is 11.2. The number of rotatable bonds is 2. The highest BCUT2D eigenvalue weighted by Crippen LogP contribution is 2.36. The predicted molar refractivity (Wildman–Crippen MR) is 72.0 cm³/mol. The number of ether oxygens (including phenoxy) is 2. The summed E-state index contributed by atoms with van der Waals surface area (Å²) in [5, 5.41) is 13.8. The molecule has 0 radical (unpaired) electrons. The molecule has 0 bridgehead atoms. The SMILES string of the molecule is COc1ccc([C@@H]2NC[C@]3(O)CCCC[C@@H]3O2)cc1. The maximum atomic E-state index is 10.5. The Hall–Kier alpha value is -1.10. The molecule has 0 spiro atoms. The average molecular weight is 263 g/mol. The first kappa shape index (κ1) is 12.9. The minimum absolute atomic E-state index is 0.0467. The van der Waals surface area contributed by atoms with Crippen molar-refractivity contribution in [1.82, 2.24) is 5.32 Å². The first-order valence-electron chi connectivity index (χ1n) is 6.96. The van der Waals surface area contributed by atoms with Gasteiger partial charge in [0.05, 0.1) is 13.2 Å². The number of methoxy groups -OCH3 is 1. The molecule has 2 aliphatic rings. The quantitative estimate of drug-likeness (QED) is 0.856. The molecule has 1 saturated carbocycles. The van der Waals surface area contributed by atoms with E-state index in [1.807, 2.05) is 24.3 Å². The molecule has 104 valence electrons. The van der Waals surface area contributed by atoms with Gasteiger partial charge in [0, 0.05) is 6.54 Å². The van der Waals surface area contributed by atoms with E-state index >= 15 is 0 Å². The highest BCUT2D eigenvalue weighted by Gasteiger charge is 2.44. The Labute approximate surface area is 113 Å². The van der Waals surface area contributed by atoms with Gasteiger partial charge in [-0.25, -0.2) is 0 Å². The molecule has 1 saturated heterocycles. The second-order valence-corrected chi connectivity index (χ2v) is 5.51. The van der Waals surface area contributed by atoms with Crippen LogP contribution in [-0.2, 0) is 4.74 Å². The zero-order chi connectivity index (χ0) is 13.3. The maximum Gasteiger partial charge on any atom is 0.134 e. The molecule has 3 atom stereocenters. The van der Waals surface area contributed by atoms with Gasteiger partial charge < -0.3 is 14.6 Å². The third kappa shape index (κ3) is 2.48. The van der Waals surface area contributed by atoms with Crippen LogP contribution in [0.2, 0.25) is 0 Å². The van der Waals surface area contributed by atoms with E-state index in [9.17, 15) is 5.11 Å². The summed E-state index contributed by atoms with van der Waals surface area (Å²) in [6, 6.07) is 7.87. The van der Waals surface area contributed by atoms with E-state index in [1.54, 1.807) is 7.11 Å². The van der Waals surface area contributed by atoms with Crippen molar-refractivity contribution in [3.63, 3.8) is 0 Å². The van der Waals surface area contributed by atoms with E-state index in [4.69, 9.17) is 9.47 Å². The lowest BCUT2D eigenvalue weighted by atomic mass is 9.81. The minimum atomic E-state index is -0.679.